The molecule has 0 spiro atoms. The van der Waals surface area contributed by atoms with Crippen molar-refractivity contribution in [2.45, 2.75) is 81.9 Å². The number of primary amides is 1. The van der Waals surface area contributed by atoms with Crippen molar-refractivity contribution in [3.8, 4) is 11.1 Å². The number of carbonyl (C=O) groups is 3. The highest BCUT2D eigenvalue weighted by molar-refractivity contribution is 7.89. The van der Waals surface area contributed by atoms with Gasteiger partial charge < -0.3 is 20.3 Å². The lowest BCUT2D eigenvalue weighted by atomic mass is 9.85. The fraction of sp³-hybridized carbons (Fsp3) is 0.432. The molecule has 1 saturated carbocycles. The number of benzene rings is 3. The van der Waals surface area contributed by atoms with Gasteiger partial charge in [0, 0.05) is 38.0 Å². The molecule has 256 valence electrons. The number of piperazine rings is 1. The van der Waals surface area contributed by atoms with Crippen LogP contribution in [0.3, 0.4) is 0 Å². The van der Waals surface area contributed by atoms with Gasteiger partial charge in [-0.05, 0) is 87.3 Å². The van der Waals surface area contributed by atoms with E-state index in [9.17, 15) is 22.8 Å². The molecule has 0 bridgehead atoms. The van der Waals surface area contributed by atoms with Gasteiger partial charge in [-0.15, -0.1) is 0 Å². The molecule has 0 radical (unpaired) electrons. The first-order valence-corrected chi connectivity index (χ1v) is 18.1. The highest BCUT2D eigenvalue weighted by atomic mass is 32.2. The van der Waals surface area contributed by atoms with Crippen LogP contribution in [0.15, 0.2) is 83.8 Å². The van der Waals surface area contributed by atoms with Crippen LogP contribution >= 0.6 is 0 Å². The van der Waals surface area contributed by atoms with Crippen molar-refractivity contribution < 1.29 is 27.5 Å². The minimum absolute atomic E-state index is 0.0467. The maximum Gasteiger partial charge on any atom is 0.410 e. The number of rotatable bonds is 9. The van der Waals surface area contributed by atoms with Crippen LogP contribution in [0.4, 0.5) is 4.79 Å². The molecule has 10 nitrogen and oxygen atoms in total. The first-order chi connectivity index (χ1) is 22.8. The summed E-state index contributed by atoms with van der Waals surface area (Å²) in [6.07, 6.45) is 2.76. The van der Waals surface area contributed by atoms with Crippen LogP contribution in [0.5, 0.6) is 0 Å². The maximum atomic E-state index is 13.9. The molecule has 3 N–H and O–H groups in total. The normalized spacial score (nSPS) is 20.3. The molecule has 2 aliphatic rings. The van der Waals surface area contributed by atoms with Crippen molar-refractivity contribution in [2.75, 3.05) is 19.6 Å². The predicted molar refractivity (Wildman–Crippen MR) is 184 cm³/mol. The van der Waals surface area contributed by atoms with Gasteiger partial charge in [0.15, 0.2) is 0 Å². The zero-order chi connectivity index (χ0) is 34.5. The van der Waals surface area contributed by atoms with Gasteiger partial charge >= 0.3 is 6.09 Å². The van der Waals surface area contributed by atoms with Gasteiger partial charge in [-0.25, -0.2) is 17.9 Å². The van der Waals surface area contributed by atoms with E-state index in [0.29, 0.717) is 58.2 Å². The van der Waals surface area contributed by atoms with E-state index in [1.165, 1.54) is 0 Å². The summed E-state index contributed by atoms with van der Waals surface area (Å²) in [6.45, 7) is 6.65. The van der Waals surface area contributed by atoms with Crippen molar-refractivity contribution >= 4 is 27.9 Å². The van der Waals surface area contributed by atoms with Crippen LogP contribution in [0.25, 0.3) is 11.1 Å². The quantitative estimate of drug-likeness (QED) is 0.311. The van der Waals surface area contributed by atoms with Gasteiger partial charge in [-0.2, -0.15) is 0 Å². The van der Waals surface area contributed by atoms with Crippen molar-refractivity contribution in [1.82, 2.24) is 14.5 Å². The Kier molecular flexibility index (Phi) is 10.9. The van der Waals surface area contributed by atoms with Crippen LogP contribution in [0, 0.1) is 5.92 Å². The molecule has 3 aromatic carbocycles. The third-order valence-electron chi connectivity index (χ3n) is 9.01. The SMILES string of the molecule is CC(C)(C)OC(=O)N1CCN(C(=O)C2CCC(NS(=O)(=O)c3ccc(-c4ccc(CCC(N)=O)cc4)cc3)CC2)[C@@H](c2ccccc2)C1. The van der Waals surface area contributed by atoms with Gasteiger partial charge in [0.25, 0.3) is 0 Å². The average molecular weight is 675 g/mol. The van der Waals surface area contributed by atoms with Gasteiger partial charge in [-0.1, -0.05) is 66.7 Å². The summed E-state index contributed by atoms with van der Waals surface area (Å²) in [5.41, 5.74) is 8.43. The second-order valence-corrected chi connectivity index (χ2v) is 15.5. The van der Waals surface area contributed by atoms with Gasteiger partial charge in [-0.3, -0.25) is 9.59 Å². The standard InChI is InChI=1S/C37H46N4O6S/c1-37(2,3)47-36(44)40-23-24-41(33(25-40)29-7-5-4-6-8-29)35(43)30-14-18-31(19-15-30)39-48(45,46)32-20-16-28(17-21-32)27-12-9-26(10-13-27)11-22-34(38)42/h4-10,12-13,16-17,20-21,30-31,33,39H,11,14-15,18-19,22-25H2,1-3H3,(H2,38,42)/t30?,31?,33-/m1/s1. The molecule has 2 fully saturated rings. The Morgan fingerprint density at radius 2 is 1.46 bits per heavy atom. The summed E-state index contributed by atoms with van der Waals surface area (Å²) in [5.74, 6) is -0.507. The van der Waals surface area contributed by atoms with Crippen LogP contribution in [-0.2, 0) is 30.8 Å². The zero-order valence-electron chi connectivity index (χ0n) is 27.9. The van der Waals surface area contributed by atoms with Crippen LogP contribution in [0.1, 0.15) is 70.0 Å². The van der Waals surface area contributed by atoms with E-state index in [-0.39, 0.29) is 40.8 Å². The molecule has 5 rings (SSSR count). The molecule has 0 unspecified atom stereocenters. The summed E-state index contributed by atoms with van der Waals surface area (Å²) in [7, 11) is -3.75. The number of sulfonamides is 1. The Labute approximate surface area is 283 Å². The number of amides is 3. The topological polar surface area (TPSA) is 139 Å². The molecule has 1 atom stereocenters. The summed E-state index contributed by atoms with van der Waals surface area (Å²) in [4.78, 5) is 41.6. The first kappa shape index (κ1) is 35.1. The van der Waals surface area contributed by atoms with Crippen LogP contribution in [0.2, 0.25) is 0 Å². The Morgan fingerprint density at radius 1 is 0.854 bits per heavy atom. The lowest BCUT2D eigenvalue weighted by Crippen LogP contribution is -2.54. The van der Waals surface area contributed by atoms with Crippen molar-refractivity contribution in [3.63, 3.8) is 0 Å². The Morgan fingerprint density at radius 3 is 2.04 bits per heavy atom. The predicted octanol–water partition coefficient (Wildman–Crippen LogP) is 5.43. The second-order valence-electron chi connectivity index (χ2n) is 13.7. The number of ether oxygens (including phenoxy) is 1. The third-order valence-corrected chi connectivity index (χ3v) is 10.5. The lowest BCUT2D eigenvalue weighted by molar-refractivity contribution is -0.142. The minimum atomic E-state index is -3.75. The Balaban J connectivity index is 1.17. The van der Waals surface area contributed by atoms with Crippen molar-refractivity contribution in [2.24, 2.45) is 11.7 Å². The fourth-order valence-corrected chi connectivity index (χ4v) is 7.74. The fourth-order valence-electron chi connectivity index (χ4n) is 6.44. The molecular formula is C37H46N4O6S. The first-order valence-electron chi connectivity index (χ1n) is 16.6. The molecule has 3 aromatic rings. The highest BCUT2D eigenvalue weighted by Crippen LogP contribution is 2.33. The van der Waals surface area contributed by atoms with Gasteiger partial charge in [0.1, 0.15) is 5.60 Å². The molecule has 0 aromatic heterocycles. The second kappa shape index (κ2) is 14.9. The van der Waals surface area contributed by atoms with E-state index < -0.39 is 15.6 Å². The summed E-state index contributed by atoms with van der Waals surface area (Å²) >= 11 is 0. The average Bonchev–Trinajstić information content (AvgIpc) is 3.07. The molecule has 11 heteroatoms. The monoisotopic (exact) mass is 674 g/mol. The third kappa shape index (κ3) is 9.02. The van der Waals surface area contributed by atoms with Gasteiger partial charge in [0.2, 0.25) is 21.8 Å². The number of nitrogens with two attached hydrogens (primary N) is 1. The van der Waals surface area contributed by atoms with Crippen LogP contribution in [-0.4, -0.2) is 67.4 Å². The Bertz CT molecular complexity index is 1680. The van der Waals surface area contributed by atoms with E-state index in [0.717, 1.165) is 22.3 Å². The van der Waals surface area contributed by atoms with E-state index in [4.69, 9.17) is 10.5 Å². The summed E-state index contributed by atoms with van der Waals surface area (Å²) < 4.78 is 35.1. The number of aryl methyl sites for hydroxylation is 1. The number of nitrogens with one attached hydrogen (secondary N) is 1. The van der Waals surface area contributed by atoms with Crippen LogP contribution < -0.4 is 10.5 Å². The molecule has 1 heterocycles. The maximum absolute atomic E-state index is 13.9. The smallest absolute Gasteiger partial charge is 0.410 e. The number of carbonyl (C=O) groups excluding carboxylic acids is 3. The van der Waals surface area contributed by atoms with E-state index >= 15 is 0 Å². The summed E-state index contributed by atoms with van der Waals surface area (Å²) in [5, 5.41) is 0. The van der Waals surface area contributed by atoms with E-state index in [1.54, 1.807) is 29.2 Å². The number of hydrogen-bond donors (Lipinski definition) is 2. The molecule has 1 aliphatic carbocycles. The highest BCUT2D eigenvalue weighted by Gasteiger charge is 2.39. The number of nitrogens with zero attached hydrogens (tertiary/aromatic N) is 2. The zero-order valence-corrected chi connectivity index (χ0v) is 28.7. The Hall–Kier alpha value is -4.22. The van der Waals surface area contributed by atoms with Crippen molar-refractivity contribution in [3.05, 3.63) is 90.0 Å². The number of hydrogen-bond acceptors (Lipinski definition) is 6. The largest absolute Gasteiger partial charge is 0.444 e. The van der Waals surface area contributed by atoms with E-state index in [1.807, 2.05) is 80.3 Å². The minimum Gasteiger partial charge on any atom is -0.444 e. The van der Waals surface area contributed by atoms with Crippen molar-refractivity contribution in [1.29, 1.82) is 0 Å². The molecule has 1 aliphatic heterocycles. The molecule has 1 saturated heterocycles. The molecule has 3 amide bonds. The lowest BCUT2D eigenvalue weighted by Gasteiger charge is -2.43. The molecular weight excluding hydrogens is 628 g/mol. The van der Waals surface area contributed by atoms with Gasteiger partial charge in [0.05, 0.1) is 10.9 Å². The van der Waals surface area contributed by atoms with E-state index in [2.05, 4.69) is 4.72 Å². The molecule has 48 heavy (non-hydrogen) atoms. The summed E-state index contributed by atoms with van der Waals surface area (Å²) in [6, 6.07) is 23.8.